The number of hydrogen-bond acceptors (Lipinski definition) is 6. The first-order chi connectivity index (χ1) is 16.3. The van der Waals surface area contributed by atoms with Crippen molar-refractivity contribution in [3.63, 3.8) is 0 Å². The summed E-state index contributed by atoms with van der Waals surface area (Å²) in [5.41, 5.74) is 3.21. The number of nitrogens with zero attached hydrogens (tertiary/aromatic N) is 1. The Morgan fingerprint density at radius 3 is 2.56 bits per heavy atom. The zero-order valence-electron chi connectivity index (χ0n) is 19.5. The first-order valence-corrected chi connectivity index (χ1v) is 13.4. The van der Waals surface area contributed by atoms with Crippen LogP contribution in [0.4, 0.5) is 5.69 Å². The summed E-state index contributed by atoms with van der Waals surface area (Å²) in [6.07, 6.45) is 2.53. The van der Waals surface area contributed by atoms with Crippen LogP contribution < -0.4 is 14.8 Å². The van der Waals surface area contributed by atoms with Crippen molar-refractivity contribution in [1.82, 2.24) is 10.2 Å². The van der Waals surface area contributed by atoms with E-state index in [4.69, 9.17) is 4.74 Å². The molecule has 180 valence electrons. The van der Waals surface area contributed by atoms with Gasteiger partial charge in [0.1, 0.15) is 9.96 Å². The maximum absolute atomic E-state index is 13.2. The molecular formula is C25H29N3O4S2. The van der Waals surface area contributed by atoms with Gasteiger partial charge in [0, 0.05) is 22.0 Å². The monoisotopic (exact) mass is 499 g/mol. The minimum Gasteiger partial charge on any atom is -0.496 e. The number of benzene rings is 2. The topological polar surface area (TPSA) is 87.7 Å². The zero-order chi connectivity index (χ0) is 24.3. The Labute approximate surface area is 204 Å². The Bertz CT molecular complexity index is 1270. The fourth-order valence-electron chi connectivity index (χ4n) is 4.21. The van der Waals surface area contributed by atoms with E-state index in [9.17, 15) is 13.2 Å². The fraction of sp³-hybridized carbons (Fsp3) is 0.320. The number of anilines is 1. The van der Waals surface area contributed by atoms with Crippen LogP contribution in [-0.4, -0.2) is 46.5 Å². The average molecular weight is 500 g/mol. The highest BCUT2D eigenvalue weighted by atomic mass is 32.2. The summed E-state index contributed by atoms with van der Waals surface area (Å²) in [6.45, 7) is 0.262. The summed E-state index contributed by atoms with van der Waals surface area (Å²) < 4.78 is 34.9. The molecule has 1 amide bonds. The van der Waals surface area contributed by atoms with E-state index in [-0.39, 0.29) is 16.7 Å². The SMILES string of the molecule is COc1ccc(NS(=O)(=O)c2ccc(CNC(=O)c3ccccc3)s2)c2c1C[C@@H](N(C)C)CC2. The van der Waals surface area contributed by atoms with E-state index >= 15 is 0 Å². The molecule has 34 heavy (non-hydrogen) atoms. The number of amides is 1. The third kappa shape index (κ3) is 5.27. The fourth-order valence-corrected chi connectivity index (χ4v) is 6.60. The number of rotatable bonds is 8. The predicted octanol–water partition coefficient (Wildman–Crippen LogP) is 3.91. The first-order valence-electron chi connectivity index (χ1n) is 11.1. The largest absolute Gasteiger partial charge is 0.496 e. The molecular weight excluding hydrogens is 470 g/mol. The number of ether oxygens (including phenoxy) is 1. The maximum Gasteiger partial charge on any atom is 0.271 e. The van der Waals surface area contributed by atoms with Gasteiger partial charge in [-0.25, -0.2) is 8.42 Å². The maximum atomic E-state index is 13.2. The lowest BCUT2D eigenvalue weighted by Crippen LogP contribution is -2.34. The van der Waals surface area contributed by atoms with E-state index in [1.807, 2.05) is 12.1 Å². The second kappa shape index (κ2) is 10.2. The molecule has 3 aromatic rings. The molecule has 0 unspecified atom stereocenters. The van der Waals surface area contributed by atoms with Crippen molar-refractivity contribution in [3.05, 3.63) is 76.2 Å². The van der Waals surface area contributed by atoms with Gasteiger partial charge in [-0.2, -0.15) is 0 Å². The van der Waals surface area contributed by atoms with Gasteiger partial charge in [-0.3, -0.25) is 9.52 Å². The van der Waals surface area contributed by atoms with Gasteiger partial charge < -0.3 is 15.0 Å². The van der Waals surface area contributed by atoms with Crippen LogP contribution in [0.25, 0.3) is 0 Å². The lowest BCUT2D eigenvalue weighted by Gasteiger charge is -2.32. The van der Waals surface area contributed by atoms with Gasteiger partial charge in [0.05, 0.1) is 19.3 Å². The van der Waals surface area contributed by atoms with Gasteiger partial charge in [0.2, 0.25) is 0 Å². The van der Waals surface area contributed by atoms with Crippen molar-refractivity contribution >= 4 is 33.0 Å². The van der Waals surface area contributed by atoms with E-state index in [0.29, 0.717) is 17.3 Å². The van der Waals surface area contributed by atoms with Gasteiger partial charge in [-0.15, -0.1) is 11.3 Å². The van der Waals surface area contributed by atoms with Crippen molar-refractivity contribution in [3.8, 4) is 5.75 Å². The van der Waals surface area contributed by atoms with Crippen LogP contribution in [0.2, 0.25) is 0 Å². The molecule has 0 radical (unpaired) electrons. The number of sulfonamides is 1. The van der Waals surface area contributed by atoms with Gasteiger partial charge in [-0.1, -0.05) is 18.2 Å². The number of hydrogen-bond donors (Lipinski definition) is 2. The molecule has 0 saturated carbocycles. The van der Waals surface area contributed by atoms with Crippen LogP contribution in [0.3, 0.4) is 0 Å². The Morgan fingerprint density at radius 1 is 1.09 bits per heavy atom. The van der Waals surface area contributed by atoms with E-state index in [2.05, 4.69) is 29.0 Å². The summed E-state index contributed by atoms with van der Waals surface area (Å²) in [5.74, 6) is 0.592. The van der Waals surface area contributed by atoms with Crippen molar-refractivity contribution in [1.29, 1.82) is 0 Å². The Hall–Kier alpha value is -2.88. The third-order valence-corrected chi connectivity index (χ3v) is 9.05. The van der Waals surface area contributed by atoms with E-state index in [1.165, 1.54) is 0 Å². The number of carbonyl (C=O) groups is 1. The number of thiophene rings is 1. The molecule has 1 aromatic heterocycles. The Morgan fingerprint density at radius 2 is 1.85 bits per heavy atom. The normalized spacial score (nSPS) is 15.6. The van der Waals surface area contributed by atoms with Gasteiger partial charge >= 0.3 is 0 Å². The summed E-state index contributed by atoms with van der Waals surface area (Å²) in [4.78, 5) is 15.2. The second-order valence-corrected chi connectivity index (χ2v) is 11.6. The van der Waals surface area contributed by atoms with Crippen LogP contribution in [0.1, 0.15) is 32.8 Å². The number of methoxy groups -OCH3 is 1. The van der Waals surface area contributed by atoms with Crippen LogP contribution in [-0.2, 0) is 29.4 Å². The second-order valence-electron chi connectivity index (χ2n) is 8.51. The van der Waals surface area contributed by atoms with Crippen LogP contribution in [0.15, 0.2) is 58.8 Å². The quantitative estimate of drug-likeness (QED) is 0.491. The van der Waals surface area contributed by atoms with Gasteiger partial charge in [0.15, 0.2) is 0 Å². The molecule has 7 nitrogen and oxygen atoms in total. The predicted molar refractivity (Wildman–Crippen MR) is 135 cm³/mol. The summed E-state index contributed by atoms with van der Waals surface area (Å²) in [5, 5.41) is 2.83. The first kappa shape index (κ1) is 24.3. The van der Waals surface area contributed by atoms with Crippen molar-refractivity contribution in [2.45, 2.75) is 36.1 Å². The van der Waals surface area contributed by atoms with Crippen molar-refractivity contribution in [2.24, 2.45) is 0 Å². The minimum atomic E-state index is -3.76. The van der Waals surface area contributed by atoms with Gasteiger partial charge in [0.25, 0.3) is 15.9 Å². The highest BCUT2D eigenvalue weighted by molar-refractivity contribution is 7.94. The molecule has 1 aliphatic rings. The molecule has 0 saturated heterocycles. The Kier molecular flexibility index (Phi) is 7.25. The molecule has 0 spiro atoms. The number of fused-ring (bicyclic) bond motifs is 1. The highest BCUT2D eigenvalue weighted by Crippen LogP contribution is 2.37. The van der Waals surface area contributed by atoms with Crippen LogP contribution >= 0.6 is 11.3 Å². The van der Waals surface area contributed by atoms with Crippen LogP contribution in [0, 0.1) is 0 Å². The van der Waals surface area contributed by atoms with Gasteiger partial charge in [-0.05, 0) is 75.3 Å². The summed E-state index contributed by atoms with van der Waals surface area (Å²) >= 11 is 1.15. The third-order valence-electron chi connectivity index (χ3n) is 6.11. The molecule has 2 N–H and O–H groups in total. The smallest absolute Gasteiger partial charge is 0.271 e. The summed E-state index contributed by atoms with van der Waals surface area (Å²) in [6, 6.07) is 16.2. The summed E-state index contributed by atoms with van der Waals surface area (Å²) in [7, 11) is 2.00. The van der Waals surface area contributed by atoms with Crippen molar-refractivity contribution in [2.75, 3.05) is 25.9 Å². The molecule has 1 heterocycles. The number of carbonyl (C=O) groups excluding carboxylic acids is 1. The Balaban J connectivity index is 1.49. The minimum absolute atomic E-state index is 0.197. The molecule has 1 atom stereocenters. The van der Waals surface area contributed by atoms with Crippen molar-refractivity contribution < 1.29 is 17.9 Å². The number of likely N-dealkylation sites (N-methyl/N-ethyl adjacent to an activating group) is 1. The molecule has 0 aliphatic heterocycles. The van der Waals surface area contributed by atoms with Crippen LogP contribution in [0.5, 0.6) is 5.75 Å². The molecule has 9 heteroatoms. The van der Waals surface area contributed by atoms with E-state index < -0.39 is 10.0 Å². The zero-order valence-corrected chi connectivity index (χ0v) is 21.1. The standard InChI is InChI=1S/C25H29N3O4S2/c1-28(2)18-9-11-20-21(15-18)23(32-3)13-12-22(20)27-34(30,31)24-14-10-19(33-24)16-26-25(29)17-7-5-4-6-8-17/h4-8,10,12-14,18,27H,9,11,15-16H2,1-3H3,(H,26,29)/t18-/m0/s1. The number of nitrogens with one attached hydrogen (secondary N) is 2. The molecule has 4 rings (SSSR count). The lowest BCUT2D eigenvalue weighted by atomic mass is 9.86. The average Bonchev–Trinajstić information content (AvgIpc) is 3.33. The lowest BCUT2D eigenvalue weighted by molar-refractivity contribution is 0.0951. The molecule has 0 fully saturated rings. The van der Waals surface area contributed by atoms with E-state index in [1.54, 1.807) is 49.6 Å². The van der Waals surface area contributed by atoms with E-state index in [0.717, 1.165) is 52.4 Å². The molecule has 0 bridgehead atoms. The highest BCUT2D eigenvalue weighted by Gasteiger charge is 2.27. The molecule has 2 aromatic carbocycles. The molecule has 1 aliphatic carbocycles.